The maximum absolute atomic E-state index is 15.0. The Bertz CT molecular complexity index is 818. The predicted molar refractivity (Wildman–Crippen MR) is 119 cm³/mol. The number of amides is 1. The Morgan fingerprint density at radius 1 is 1.16 bits per heavy atom. The van der Waals surface area contributed by atoms with E-state index in [0.717, 1.165) is 51.9 Å². The molecule has 2 aliphatic heterocycles. The highest BCUT2D eigenvalue weighted by atomic mass is 19.1. The Morgan fingerprint density at radius 2 is 1.84 bits per heavy atom. The predicted octanol–water partition coefficient (Wildman–Crippen LogP) is 2.44. The number of benzene rings is 1. The van der Waals surface area contributed by atoms with Gasteiger partial charge in [0, 0.05) is 45.3 Å². The van der Waals surface area contributed by atoms with Crippen molar-refractivity contribution in [3.05, 3.63) is 29.6 Å². The first kappa shape index (κ1) is 24.0. The van der Waals surface area contributed by atoms with Gasteiger partial charge in [-0.05, 0) is 37.7 Å². The summed E-state index contributed by atoms with van der Waals surface area (Å²) in [4.78, 5) is 26.9. The molecule has 2 saturated heterocycles. The SMILES string of the molecule is CC(=O)N1CCC(OCC2CCN(c3cccc(COC(=O)CC(=N)N)c3F)CC2)CC1. The lowest BCUT2D eigenvalue weighted by Crippen LogP contribution is -2.41. The van der Waals surface area contributed by atoms with Crippen LogP contribution in [0, 0.1) is 17.1 Å². The Kier molecular flexibility index (Phi) is 8.44. The van der Waals surface area contributed by atoms with E-state index in [1.165, 1.54) is 0 Å². The van der Waals surface area contributed by atoms with Crippen LogP contribution in [-0.2, 0) is 25.7 Å². The second-order valence-corrected chi connectivity index (χ2v) is 8.58. The van der Waals surface area contributed by atoms with Crippen LogP contribution in [0.4, 0.5) is 10.1 Å². The molecule has 0 aliphatic carbocycles. The van der Waals surface area contributed by atoms with Gasteiger partial charge in [0.15, 0.2) is 5.82 Å². The number of nitrogens with zero attached hydrogens (tertiary/aromatic N) is 2. The van der Waals surface area contributed by atoms with Crippen LogP contribution in [0.2, 0.25) is 0 Å². The zero-order chi connectivity index (χ0) is 23.1. The number of nitrogens with two attached hydrogens (primary N) is 1. The van der Waals surface area contributed by atoms with Gasteiger partial charge in [-0.2, -0.15) is 0 Å². The number of hydrogen-bond acceptors (Lipinski definition) is 6. The molecule has 1 aromatic carbocycles. The third-order valence-electron chi connectivity index (χ3n) is 6.19. The van der Waals surface area contributed by atoms with Gasteiger partial charge in [0.25, 0.3) is 0 Å². The Morgan fingerprint density at radius 3 is 2.47 bits per heavy atom. The topological polar surface area (TPSA) is 109 Å². The standard InChI is InChI=1S/C23H33FN4O4/c1-16(29)27-11-7-19(8-12-27)31-14-17-5-9-28(10-6-17)20-4-2-3-18(23(20)24)15-32-22(30)13-21(25)26/h2-4,17,19H,5-15H2,1H3,(H3,25,26). The largest absolute Gasteiger partial charge is 0.460 e. The Balaban J connectivity index is 1.44. The van der Waals surface area contributed by atoms with Crippen LogP contribution < -0.4 is 10.6 Å². The van der Waals surface area contributed by atoms with Gasteiger partial charge in [-0.1, -0.05) is 12.1 Å². The van der Waals surface area contributed by atoms with Gasteiger partial charge in [-0.15, -0.1) is 0 Å². The number of ether oxygens (including phenoxy) is 2. The quantitative estimate of drug-likeness (QED) is 0.359. The van der Waals surface area contributed by atoms with Crippen molar-refractivity contribution < 1.29 is 23.5 Å². The summed E-state index contributed by atoms with van der Waals surface area (Å²) in [7, 11) is 0. The van der Waals surface area contributed by atoms with Crippen molar-refractivity contribution >= 4 is 23.4 Å². The molecule has 0 atom stereocenters. The van der Waals surface area contributed by atoms with Crippen molar-refractivity contribution in [2.24, 2.45) is 11.7 Å². The molecule has 2 aliphatic rings. The number of halogens is 1. The molecule has 0 aromatic heterocycles. The normalized spacial score (nSPS) is 17.9. The van der Waals surface area contributed by atoms with E-state index in [0.29, 0.717) is 23.8 Å². The highest BCUT2D eigenvalue weighted by Crippen LogP contribution is 2.28. The maximum Gasteiger partial charge on any atom is 0.313 e. The minimum Gasteiger partial charge on any atom is -0.460 e. The summed E-state index contributed by atoms with van der Waals surface area (Å²) in [5.74, 6) is -0.736. The van der Waals surface area contributed by atoms with Gasteiger partial charge in [0.05, 0.1) is 11.8 Å². The van der Waals surface area contributed by atoms with Gasteiger partial charge < -0.3 is 25.0 Å². The van der Waals surface area contributed by atoms with Crippen molar-refractivity contribution in [3.63, 3.8) is 0 Å². The molecule has 0 unspecified atom stereocenters. The van der Waals surface area contributed by atoms with Crippen LogP contribution in [0.25, 0.3) is 0 Å². The molecular formula is C23H33FN4O4. The second kappa shape index (κ2) is 11.3. The fourth-order valence-corrected chi connectivity index (χ4v) is 4.24. The molecule has 0 saturated carbocycles. The average Bonchev–Trinajstić information content (AvgIpc) is 2.77. The monoisotopic (exact) mass is 448 g/mol. The van der Waals surface area contributed by atoms with Gasteiger partial charge >= 0.3 is 5.97 Å². The molecule has 2 heterocycles. The van der Waals surface area contributed by atoms with Crippen molar-refractivity contribution in [2.75, 3.05) is 37.7 Å². The third kappa shape index (κ3) is 6.66. The highest BCUT2D eigenvalue weighted by molar-refractivity contribution is 5.94. The van der Waals surface area contributed by atoms with E-state index in [2.05, 4.69) is 0 Å². The molecule has 0 spiro atoms. The molecule has 3 rings (SSSR count). The molecule has 1 aromatic rings. The lowest BCUT2D eigenvalue weighted by molar-refractivity contribution is -0.143. The lowest BCUT2D eigenvalue weighted by Gasteiger charge is -2.36. The Labute approximate surface area is 188 Å². The van der Waals surface area contributed by atoms with Crippen LogP contribution in [0.3, 0.4) is 0 Å². The molecule has 3 N–H and O–H groups in total. The van der Waals surface area contributed by atoms with E-state index in [1.807, 2.05) is 9.80 Å². The summed E-state index contributed by atoms with van der Waals surface area (Å²) in [6.45, 7) is 5.12. The number of piperidine rings is 2. The fourth-order valence-electron chi connectivity index (χ4n) is 4.24. The molecule has 0 bridgehead atoms. The van der Waals surface area contributed by atoms with E-state index in [4.69, 9.17) is 20.6 Å². The molecule has 8 nitrogen and oxygen atoms in total. The maximum atomic E-state index is 15.0. The van der Waals surface area contributed by atoms with Crippen LogP contribution in [0.15, 0.2) is 18.2 Å². The number of carbonyl (C=O) groups excluding carboxylic acids is 2. The first-order valence-electron chi connectivity index (χ1n) is 11.2. The second-order valence-electron chi connectivity index (χ2n) is 8.58. The number of carbonyl (C=O) groups is 2. The summed E-state index contributed by atoms with van der Waals surface area (Å²) >= 11 is 0. The lowest BCUT2D eigenvalue weighted by atomic mass is 9.96. The van der Waals surface area contributed by atoms with E-state index in [1.54, 1.807) is 25.1 Å². The van der Waals surface area contributed by atoms with Gasteiger partial charge in [0.2, 0.25) is 5.91 Å². The molecule has 2 fully saturated rings. The van der Waals surface area contributed by atoms with Crippen LogP contribution >= 0.6 is 0 Å². The number of nitrogens with one attached hydrogen (secondary N) is 1. The summed E-state index contributed by atoms with van der Waals surface area (Å²) < 4.78 is 26.1. The highest BCUT2D eigenvalue weighted by Gasteiger charge is 2.25. The van der Waals surface area contributed by atoms with E-state index >= 15 is 0 Å². The van der Waals surface area contributed by atoms with E-state index in [9.17, 15) is 14.0 Å². The van der Waals surface area contributed by atoms with Crippen molar-refractivity contribution in [1.29, 1.82) is 5.41 Å². The molecule has 1 amide bonds. The summed E-state index contributed by atoms with van der Waals surface area (Å²) in [5, 5.41) is 7.12. The fraction of sp³-hybridized carbons (Fsp3) is 0.609. The van der Waals surface area contributed by atoms with Crippen molar-refractivity contribution in [1.82, 2.24) is 4.90 Å². The number of anilines is 1. The summed E-state index contributed by atoms with van der Waals surface area (Å²) in [6, 6.07) is 5.10. The number of hydrogen-bond donors (Lipinski definition) is 2. The van der Waals surface area contributed by atoms with Gasteiger partial charge in [-0.25, -0.2) is 4.39 Å². The van der Waals surface area contributed by atoms with E-state index < -0.39 is 5.97 Å². The minimum atomic E-state index is -0.643. The van der Waals surface area contributed by atoms with Crippen molar-refractivity contribution in [2.45, 2.75) is 51.7 Å². The zero-order valence-corrected chi connectivity index (χ0v) is 18.6. The first-order valence-corrected chi connectivity index (χ1v) is 11.2. The minimum absolute atomic E-state index is 0.126. The van der Waals surface area contributed by atoms with Crippen LogP contribution in [0.1, 0.15) is 44.6 Å². The summed E-state index contributed by atoms with van der Waals surface area (Å²) in [6.07, 6.45) is 3.52. The van der Waals surface area contributed by atoms with Gasteiger partial charge in [-0.3, -0.25) is 15.0 Å². The molecule has 0 radical (unpaired) electrons. The number of likely N-dealkylation sites (tertiary alicyclic amines) is 1. The number of rotatable bonds is 8. The average molecular weight is 449 g/mol. The molecule has 32 heavy (non-hydrogen) atoms. The van der Waals surface area contributed by atoms with Gasteiger partial charge in [0.1, 0.15) is 18.9 Å². The number of amidine groups is 1. The first-order chi connectivity index (χ1) is 15.3. The zero-order valence-electron chi connectivity index (χ0n) is 18.6. The van der Waals surface area contributed by atoms with E-state index in [-0.39, 0.29) is 36.7 Å². The smallest absolute Gasteiger partial charge is 0.313 e. The van der Waals surface area contributed by atoms with Crippen molar-refractivity contribution in [3.8, 4) is 0 Å². The molecular weight excluding hydrogens is 415 g/mol. The third-order valence-corrected chi connectivity index (χ3v) is 6.19. The summed E-state index contributed by atoms with van der Waals surface area (Å²) in [5.41, 5.74) is 6.01. The molecule has 9 heteroatoms. The Hall–Kier alpha value is -2.68. The number of esters is 1. The molecule has 176 valence electrons. The van der Waals surface area contributed by atoms with Crippen LogP contribution in [0.5, 0.6) is 0 Å². The van der Waals surface area contributed by atoms with Crippen LogP contribution in [-0.4, -0.2) is 61.5 Å².